The molecule has 1 aromatic carbocycles. The molecule has 1 atom stereocenters. The lowest BCUT2D eigenvalue weighted by Crippen LogP contribution is -2.40. The van der Waals surface area contributed by atoms with Crippen LogP contribution in [-0.2, 0) is 20.8 Å². The van der Waals surface area contributed by atoms with Crippen molar-refractivity contribution in [2.45, 2.75) is 32.4 Å². The number of hydrogen-bond acceptors (Lipinski definition) is 4. The van der Waals surface area contributed by atoms with Crippen LogP contribution in [0.3, 0.4) is 0 Å². The summed E-state index contributed by atoms with van der Waals surface area (Å²) < 4.78 is 10.6. The molecule has 0 bridgehead atoms. The fourth-order valence-electron chi connectivity index (χ4n) is 3.26. The molecule has 1 aromatic heterocycles. The second-order valence-electron chi connectivity index (χ2n) is 6.51. The van der Waals surface area contributed by atoms with Crippen LogP contribution in [-0.4, -0.2) is 48.8 Å². The summed E-state index contributed by atoms with van der Waals surface area (Å²) in [6.07, 6.45) is 1.97. The van der Waals surface area contributed by atoms with Gasteiger partial charge >= 0.3 is 0 Å². The van der Waals surface area contributed by atoms with Crippen LogP contribution in [0.1, 0.15) is 24.0 Å². The van der Waals surface area contributed by atoms with Crippen molar-refractivity contribution >= 4 is 16.8 Å². The monoisotopic (exact) mass is 344 g/mol. The molecule has 25 heavy (non-hydrogen) atoms. The second kappa shape index (κ2) is 7.80. The molecule has 1 saturated heterocycles. The minimum Gasteiger partial charge on any atom is -0.376 e. The number of para-hydroxylation sites is 1. The largest absolute Gasteiger partial charge is 0.376 e. The minimum atomic E-state index is -0.163. The van der Waals surface area contributed by atoms with Crippen molar-refractivity contribution in [3.05, 3.63) is 45.7 Å². The number of aromatic amines is 1. The van der Waals surface area contributed by atoms with E-state index in [9.17, 15) is 9.59 Å². The SMILES string of the molecule is COCC(=O)N(Cc1cc2cccc(C)c2[nH]c1=O)CC1CCCO1. The zero-order valence-electron chi connectivity index (χ0n) is 14.7. The Morgan fingerprint density at radius 2 is 2.28 bits per heavy atom. The zero-order valence-corrected chi connectivity index (χ0v) is 14.7. The molecule has 1 N–H and O–H groups in total. The van der Waals surface area contributed by atoms with Gasteiger partial charge in [0.2, 0.25) is 5.91 Å². The highest BCUT2D eigenvalue weighted by Gasteiger charge is 2.23. The predicted octanol–water partition coefficient (Wildman–Crippen LogP) is 1.99. The van der Waals surface area contributed by atoms with Gasteiger partial charge in [-0.25, -0.2) is 0 Å². The van der Waals surface area contributed by atoms with Crippen molar-refractivity contribution in [1.82, 2.24) is 9.88 Å². The van der Waals surface area contributed by atoms with Gasteiger partial charge in [-0.2, -0.15) is 0 Å². The molecule has 3 rings (SSSR count). The van der Waals surface area contributed by atoms with Crippen LogP contribution in [0, 0.1) is 6.92 Å². The average molecular weight is 344 g/mol. The summed E-state index contributed by atoms with van der Waals surface area (Å²) >= 11 is 0. The third-order valence-corrected chi connectivity index (χ3v) is 4.59. The molecule has 0 saturated carbocycles. The van der Waals surface area contributed by atoms with E-state index in [2.05, 4.69) is 4.98 Å². The van der Waals surface area contributed by atoms with Gasteiger partial charge in [0.05, 0.1) is 18.2 Å². The van der Waals surface area contributed by atoms with Gasteiger partial charge in [0, 0.05) is 25.8 Å². The van der Waals surface area contributed by atoms with E-state index in [1.165, 1.54) is 7.11 Å². The number of carbonyl (C=O) groups is 1. The Bertz CT molecular complexity index is 809. The highest BCUT2D eigenvalue weighted by molar-refractivity contribution is 5.82. The van der Waals surface area contributed by atoms with E-state index >= 15 is 0 Å². The van der Waals surface area contributed by atoms with Crippen LogP contribution in [0.15, 0.2) is 29.1 Å². The summed E-state index contributed by atoms with van der Waals surface area (Å²) in [6.45, 7) is 3.42. The lowest BCUT2D eigenvalue weighted by atomic mass is 10.1. The maximum absolute atomic E-state index is 12.5. The maximum Gasteiger partial charge on any atom is 0.253 e. The van der Waals surface area contributed by atoms with E-state index in [1.54, 1.807) is 4.90 Å². The number of methoxy groups -OCH3 is 1. The zero-order chi connectivity index (χ0) is 17.8. The molecular formula is C19H24N2O4. The van der Waals surface area contributed by atoms with Gasteiger partial charge < -0.3 is 19.4 Å². The molecule has 0 radical (unpaired) electrons. The number of pyridine rings is 1. The van der Waals surface area contributed by atoms with E-state index in [-0.39, 0.29) is 30.7 Å². The number of aromatic nitrogens is 1. The Morgan fingerprint density at radius 1 is 1.44 bits per heavy atom. The van der Waals surface area contributed by atoms with Crippen molar-refractivity contribution in [2.24, 2.45) is 0 Å². The van der Waals surface area contributed by atoms with Gasteiger partial charge in [0.1, 0.15) is 6.61 Å². The topological polar surface area (TPSA) is 71.6 Å². The van der Waals surface area contributed by atoms with Gasteiger partial charge in [0.25, 0.3) is 5.56 Å². The molecular weight excluding hydrogens is 320 g/mol. The Hall–Kier alpha value is -2.18. The van der Waals surface area contributed by atoms with E-state index in [0.717, 1.165) is 35.9 Å². The number of nitrogens with zero attached hydrogens (tertiary/aromatic N) is 1. The first-order chi connectivity index (χ1) is 12.1. The predicted molar refractivity (Wildman–Crippen MR) is 95.6 cm³/mol. The molecule has 1 amide bonds. The van der Waals surface area contributed by atoms with Crippen LogP contribution >= 0.6 is 0 Å². The van der Waals surface area contributed by atoms with E-state index in [1.807, 2.05) is 31.2 Å². The second-order valence-corrected chi connectivity index (χ2v) is 6.51. The average Bonchev–Trinajstić information content (AvgIpc) is 3.09. The Balaban J connectivity index is 1.87. The number of ether oxygens (including phenoxy) is 2. The number of rotatable bonds is 6. The fraction of sp³-hybridized carbons (Fsp3) is 0.474. The molecule has 1 unspecified atom stereocenters. The quantitative estimate of drug-likeness (QED) is 0.870. The fourth-order valence-corrected chi connectivity index (χ4v) is 3.26. The van der Waals surface area contributed by atoms with Crippen LogP contribution in [0.4, 0.5) is 0 Å². The number of nitrogens with one attached hydrogen (secondary N) is 1. The van der Waals surface area contributed by atoms with Crippen LogP contribution in [0.2, 0.25) is 0 Å². The normalized spacial score (nSPS) is 17.1. The van der Waals surface area contributed by atoms with Crippen molar-refractivity contribution in [3.8, 4) is 0 Å². The first-order valence-electron chi connectivity index (χ1n) is 8.58. The molecule has 1 aliphatic rings. The number of amides is 1. The van der Waals surface area contributed by atoms with Crippen molar-refractivity contribution in [1.29, 1.82) is 0 Å². The van der Waals surface area contributed by atoms with Gasteiger partial charge in [-0.3, -0.25) is 9.59 Å². The van der Waals surface area contributed by atoms with Gasteiger partial charge in [-0.05, 0) is 36.8 Å². The summed E-state index contributed by atoms with van der Waals surface area (Å²) in [5, 5.41) is 0.964. The van der Waals surface area contributed by atoms with E-state index in [0.29, 0.717) is 12.1 Å². The summed E-state index contributed by atoms with van der Waals surface area (Å²) in [5.74, 6) is -0.137. The highest BCUT2D eigenvalue weighted by Crippen LogP contribution is 2.18. The number of fused-ring (bicyclic) bond motifs is 1. The Morgan fingerprint density at radius 3 is 3.00 bits per heavy atom. The van der Waals surface area contributed by atoms with Gasteiger partial charge in [-0.15, -0.1) is 0 Å². The Labute approximate surface area is 146 Å². The van der Waals surface area contributed by atoms with Gasteiger partial charge in [0.15, 0.2) is 0 Å². The maximum atomic E-state index is 12.5. The molecule has 2 aromatic rings. The summed E-state index contributed by atoms with van der Waals surface area (Å²) in [4.78, 5) is 29.5. The molecule has 134 valence electrons. The van der Waals surface area contributed by atoms with Crippen molar-refractivity contribution in [3.63, 3.8) is 0 Å². The molecule has 0 spiro atoms. The Kier molecular flexibility index (Phi) is 5.50. The number of H-pyrrole nitrogens is 1. The third-order valence-electron chi connectivity index (χ3n) is 4.59. The number of aryl methyl sites for hydroxylation is 1. The van der Waals surface area contributed by atoms with Gasteiger partial charge in [-0.1, -0.05) is 18.2 Å². The molecule has 2 heterocycles. The summed E-state index contributed by atoms with van der Waals surface area (Å²) in [6, 6.07) is 7.75. The summed E-state index contributed by atoms with van der Waals surface area (Å²) in [5.41, 5.74) is 2.27. The third kappa shape index (κ3) is 4.08. The van der Waals surface area contributed by atoms with Crippen molar-refractivity contribution < 1.29 is 14.3 Å². The van der Waals surface area contributed by atoms with Crippen LogP contribution in [0.5, 0.6) is 0 Å². The van der Waals surface area contributed by atoms with Crippen molar-refractivity contribution in [2.75, 3.05) is 26.9 Å². The number of benzene rings is 1. The first-order valence-corrected chi connectivity index (χ1v) is 8.58. The molecule has 1 aliphatic heterocycles. The minimum absolute atomic E-state index is 0.00266. The molecule has 0 aliphatic carbocycles. The highest BCUT2D eigenvalue weighted by atomic mass is 16.5. The molecule has 6 heteroatoms. The molecule has 6 nitrogen and oxygen atoms in total. The summed E-state index contributed by atoms with van der Waals surface area (Å²) in [7, 11) is 1.49. The lowest BCUT2D eigenvalue weighted by Gasteiger charge is -2.25. The van der Waals surface area contributed by atoms with E-state index < -0.39 is 0 Å². The first kappa shape index (κ1) is 17.6. The standard InChI is InChI=1S/C19H24N2O4/c1-13-5-3-6-14-9-15(19(23)20-18(13)14)10-21(17(22)12-24-2)11-16-7-4-8-25-16/h3,5-6,9,16H,4,7-8,10-12H2,1-2H3,(H,20,23). The smallest absolute Gasteiger partial charge is 0.253 e. The van der Waals surface area contributed by atoms with Crippen LogP contribution in [0.25, 0.3) is 10.9 Å². The number of hydrogen-bond donors (Lipinski definition) is 1. The van der Waals surface area contributed by atoms with E-state index in [4.69, 9.17) is 9.47 Å². The number of carbonyl (C=O) groups excluding carboxylic acids is 1. The molecule has 1 fully saturated rings. The lowest BCUT2D eigenvalue weighted by molar-refractivity contribution is -0.137. The van der Waals surface area contributed by atoms with Crippen LogP contribution < -0.4 is 5.56 Å².